The van der Waals surface area contributed by atoms with E-state index >= 15 is 0 Å². The molecule has 1 aliphatic carbocycles. The van der Waals surface area contributed by atoms with Gasteiger partial charge >= 0.3 is 5.97 Å². The summed E-state index contributed by atoms with van der Waals surface area (Å²) in [6.07, 6.45) is 1.32. The summed E-state index contributed by atoms with van der Waals surface area (Å²) in [5.74, 6) is -0.434. The van der Waals surface area contributed by atoms with Gasteiger partial charge < -0.3 is 9.84 Å². The van der Waals surface area contributed by atoms with Gasteiger partial charge in [0.05, 0.1) is 17.6 Å². The fourth-order valence-corrected chi connectivity index (χ4v) is 4.64. The monoisotopic (exact) mass is 361 g/mol. The Balaban J connectivity index is 1.91. The Hall–Kier alpha value is -2.38. The van der Waals surface area contributed by atoms with Crippen molar-refractivity contribution in [3.8, 4) is 5.75 Å². The highest BCUT2D eigenvalue weighted by atomic mass is 32.2. The molecule has 1 aliphatic rings. The number of aryl methyl sites for hydroxylation is 2. The third-order valence-electron chi connectivity index (χ3n) is 4.44. The van der Waals surface area contributed by atoms with Gasteiger partial charge in [-0.2, -0.15) is 0 Å². The van der Waals surface area contributed by atoms with Crippen molar-refractivity contribution in [2.24, 2.45) is 0 Å². The Morgan fingerprint density at radius 2 is 2.00 bits per heavy atom. The van der Waals surface area contributed by atoms with Crippen LogP contribution in [0.25, 0.3) is 0 Å². The maximum atomic E-state index is 12.8. The lowest BCUT2D eigenvalue weighted by atomic mass is 10.0. The molecule has 132 valence electrons. The summed E-state index contributed by atoms with van der Waals surface area (Å²) in [6, 6.07) is 9.21. The number of sulfonamides is 1. The van der Waals surface area contributed by atoms with E-state index in [-0.39, 0.29) is 10.5 Å². The van der Waals surface area contributed by atoms with E-state index in [0.717, 1.165) is 11.1 Å². The number of methoxy groups -OCH3 is 1. The van der Waals surface area contributed by atoms with Crippen LogP contribution in [-0.4, -0.2) is 26.6 Å². The minimum absolute atomic E-state index is 0.158. The molecule has 6 nitrogen and oxygen atoms in total. The van der Waals surface area contributed by atoms with Gasteiger partial charge in [-0.3, -0.25) is 0 Å². The highest BCUT2D eigenvalue weighted by Crippen LogP contribution is 2.33. The molecule has 0 bridgehead atoms. The SMILES string of the molecule is COc1ccc(S(=O)(=O)N[C@@H]2CCc3ccc(C(=O)O)cc32)c(C)c1. The molecule has 0 saturated carbocycles. The van der Waals surface area contributed by atoms with Crippen molar-refractivity contribution >= 4 is 16.0 Å². The number of ether oxygens (including phenoxy) is 1. The summed E-state index contributed by atoms with van der Waals surface area (Å²) in [7, 11) is -2.20. The predicted octanol–water partition coefficient (Wildman–Crippen LogP) is 2.67. The number of hydrogen-bond donors (Lipinski definition) is 2. The molecule has 0 radical (unpaired) electrons. The standard InChI is InChI=1S/C18H19NO5S/c1-11-9-14(24-2)6-8-17(11)25(22,23)19-16-7-5-12-3-4-13(18(20)21)10-15(12)16/h3-4,6,8-10,16,19H,5,7H2,1-2H3,(H,20,21)/t16-/m1/s1. The average molecular weight is 361 g/mol. The highest BCUT2D eigenvalue weighted by Gasteiger charge is 2.29. The third-order valence-corrected chi connectivity index (χ3v) is 6.07. The number of carboxylic acids is 1. The molecular weight excluding hydrogens is 342 g/mol. The number of nitrogens with one attached hydrogen (secondary N) is 1. The molecule has 7 heteroatoms. The molecule has 0 aliphatic heterocycles. The Morgan fingerprint density at radius 3 is 2.64 bits per heavy atom. The fourth-order valence-electron chi connectivity index (χ4n) is 3.16. The third kappa shape index (κ3) is 3.38. The second-order valence-corrected chi connectivity index (χ2v) is 7.75. The van der Waals surface area contributed by atoms with E-state index < -0.39 is 22.0 Å². The van der Waals surface area contributed by atoms with E-state index in [1.807, 2.05) is 0 Å². The zero-order chi connectivity index (χ0) is 18.2. The second-order valence-electron chi connectivity index (χ2n) is 6.06. The van der Waals surface area contributed by atoms with Crippen LogP contribution in [0.2, 0.25) is 0 Å². The molecule has 0 aromatic heterocycles. The zero-order valence-electron chi connectivity index (χ0n) is 13.9. The highest BCUT2D eigenvalue weighted by molar-refractivity contribution is 7.89. The lowest BCUT2D eigenvalue weighted by Crippen LogP contribution is -2.28. The Kier molecular flexibility index (Phi) is 4.53. The first-order chi connectivity index (χ1) is 11.8. The number of hydrogen-bond acceptors (Lipinski definition) is 4. The Bertz CT molecular complexity index is 936. The van der Waals surface area contributed by atoms with Gasteiger partial charge in [0.15, 0.2) is 0 Å². The summed E-state index contributed by atoms with van der Waals surface area (Å²) in [4.78, 5) is 11.4. The van der Waals surface area contributed by atoms with Crippen LogP contribution in [0.1, 0.15) is 39.5 Å². The van der Waals surface area contributed by atoms with Gasteiger partial charge in [0, 0.05) is 6.04 Å². The van der Waals surface area contributed by atoms with Crippen molar-refractivity contribution in [1.29, 1.82) is 0 Å². The number of benzene rings is 2. The molecule has 2 aromatic rings. The number of fused-ring (bicyclic) bond motifs is 1. The van der Waals surface area contributed by atoms with E-state index in [1.54, 1.807) is 37.3 Å². The topological polar surface area (TPSA) is 92.7 Å². The minimum atomic E-state index is -3.73. The number of carbonyl (C=O) groups is 1. The van der Waals surface area contributed by atoms with Crippen molar-refractivity contribution in [3.63, 3.8) is 0 Å². The first-order valence-electron chi connectivity index (χ1n) is 7.85. The number of aromatic carboxylic acids is 1. The van der Waals surface area contributed by atoms with Crippen LogP contribution in [0.5, 0.6) is 5.75 Å². The molecule has 0 heterocycles. The second kappa shape index (κ2) is 6.50. The first-order valence-corrected chi connectivity index (χ1v) is 9.33. The molecule has 0 saturated heterocycles. The van der Waals surface area contributed by atoms with Crippen molar-refractivity contribution in [3.05, 3.63) is 58.7 Å². The lowest BCUT2D eigenvalue weighted by Gasteiger charge is -2.16. The van der Waals surface area contributed by atoms with Crippen molar-refractivity contribution in [2.75, 3.05) is 7.11 Å². The Labute approximate surface area is 146 Å². The van der Waals surface area contributed by atoms with Crippen molar-refractivity contribution in [2.45, 2.75) is 30.7 Å². The molecule has 2 N–H and O–H groups in total. The first kappa shape index (κ1) is 17.4. The van der Waals surface area contributed by atoms with Gasteiger partial charge in [-0.1, -0.05) is 6.07 Å². The van der Waals surface area contributed by atoms with Crippen LogP contribution < -0.4 is 9.46 Å². The van der Waals surface area contributed by atoms with Crippen LogP contribution in [0, 0.1) is 6.92 Å². The maximum absolute atomic E-state index is 12.8. The van der Waals surface area contributed by atoms with E-state index in [0.29, 0.717) is 24.2 Å². The fraction of sp³-hybridized carbons (Fsp3) is 0.278. The van der Waals surface area contributed by atoms with Crippen LogP contribution in [0.15, 0.2) is 41.3 Å². The van der Waals surface area contributed by atoms with Gasteiger partial charge in [-0.25, -0.2) is 17.9 Å². The molecule has 0 unspecified atom stereocenters. The maximum Gasteiger partial charge on any atom is 0.335 e. The van der Waals surface area contributed by atoms with Crippen molar-refractivity contribution < 1.29 is 23.1 Å². The molecule has 2 aromatic carbocycles. The van der Waals surface area contributed by atoms with Gasteiger partial charge in [-0.05, 0) is 66.8 Å². The summed E-state index contributed by atoms with van der Waals surface area (Å²) >= 11 is 0. The van der Waals surface area contributed by atoms with Crippen molar-refractivity contribution in [1.82, 2.24) is 4.72 Å². The minimum Gasteiger partial charge on any atom is -0.497 e. The predicted molar refractivity (Wildman–Crippen MR) is 92.5 cm³/mol. The molecule has 3 rings (SSSR count). The smallest absolute Gasteiger partial charge is 0.335 e. The van der Waals surface area contributed by atoms with Gasteiger partial charge in [0.2, 0.25) is 10.0 Å². The summed E-state index contributed by atoms with van der Waals surface area (Å²) < 4.78 is 33.4. The summed E-state index contributed by atoms with van der Waals surface area (Å²) in [5.41, 5.74) is 2.45. The Morgan fingerprint density at radius 1 is 1.24 bits per heavy atom. The number of carboxylic acid groups (broad SMARTS) is 1. The molecule has 0 fully saturated rings. The van der Waals surface area contributed by atoms with Crippen LogP contribution in [0.3, 0.4) is 0 Å². The van der Waals surface area contributed by atoms with E-state index in [1.165, 1.54) is 13.2 Å². The summed E-state index contributed by atoms with van der Waals surface area (Å²) in [6.45, 7) is 1.71. The molecular formula is C18H19NO5S. The average Bonchev–Trinajstić information content (AvgIpc) is 2.96. The van der Waals surface area contributed by atoms with E-state index in [2.05, 4.69) is 4.72 Å². The molecule has 0 amide bonds. The normalized spacial score (nSPS) is 16.5. The lowest BCUT2D eigenvalue weighted by molar-refractivity contribution is 0.0696. The van der Waals surface area contributed by atoms with Gasteiger partial charge in [0.25, 0.3) is 0 Å². The largest absolute Gasteiger partial charge is 0.497 e. The quantitative estimate of drug-likeness (QED) is 0.854. The van der Waals surface area contributed by atoms with Gasteiger partial charge in [-0.15, -0.1) is 0 Å². The van der Waals surface area contributed by atoms with Crippen LogP contribution in [0.4, 0.5) is 0 Å². The zero-order valence-corrected chi connectivity index (χ0v) is 14.8. The molecule has 25 heavy (non-hydrogen) atoms. The number of rotatable bonds is 5. The van der Waals surface area contributed by atoms with Gasteiger partial charge in [0.1, 0.15) is 5.75 Å². The molecule has 1 atom stereocenters. The van der Waals surface area contributed by atoms with Crippen LogP contribution >= 0.6 is 0 Å². The molecule has 0 spiro atoms. The van der Waals surface area contributed by atoms with E-state index in [9.17, 15) is 13.2 Å². The van der Waals surface area contributed by atoms with E-state index in [4.69, 9.17) is 9.84 Å². The summed E-state index contributed by atoms with van der Waals surface area (Å²) in [5, 5.41) is 9.15. The van der Waals surface area contributed by atoms with Crippen LogP contribution in [-0.2, 0) is 16.4 Å².